The lowest BCUT2D eigenvalue weighted by molar-refractivity contribution is 0.132. The maximum absolute atomic E-state index is 9.44. The van der Waals surface area contributed by atoms with Crippen molar-refractivity contribution in [2.24, 2.45) is 0 Å². The van der Waals surface area contributed by atoms with Crippen LogP contribution in [0.3, 0.4) is 0 Å². The minimum Gasteiger partial charge on any atom is -0.394 e. The van der Waals surface area contributed by atoms with Crippen LogP contribution in [0.1, 0.15) is 39.9 Å². The van der Waals surface area contributed by atoms with E-state index in [9.17, 15) is 10.2 Å². The number of anilines is 1. The van der Waals surface area contributed by atoms with Crippen molar-refractivity contribution in [3.05, 3.63) is 17.0 Å². The topological polar surface area (TPSA) is 78.3 Å². The van der Waals surface area contributed by atoms with Gasteiger partial charge in [0.2, 0.25) is 0 Å². The molecule has 1 rings (SSSR count). The van der Waals surface area contributed by atoms with Crippen LogP contribution >= 0.6 is 11.6 Å². The second-order valence-electron chi connectivity index (χ2n) is 5.72. The average Bonchev–Trinajstić information content (AvgIpc) is 2.34. The van der Waals surface area contributed by atoms with Gasteiger partial charge in [0.1, 0.15) is 16.8 Å². The predicted molar refractivity (Wildman–Crippen MR) is 76.6 cm³/mol. The molecule has 1 aromatic heterocycles. The van der Waals surface area contributed by atoms with E-state index >= 15 is 0 Å². The number of nitrogens with one attached hydrogen (secondary N) is 1. The fraction of sp³-hybridized carbons (Fsp3) is 0.692. The van der Waals surface area contributed by atoms with Gasteiger partial charge in [-0.3, -0.25) is 0 Å². The summed E-state index contributed by atoms with van der Waals surface area (Å²) in [6, 6.07) is 1.59. The van der Waals surface area contributed by atoms with Crippen molar-refractivity contribution >= 4 is 17.4 Å². The highest BCUT2D eigenvalue weighted by molar-refractivity contribution is 6.29. The molecule has 0 bridgehead atoms. The maximum atomic E-state index is 9.44. The summed E-state index contributed by atoms with van der Waals surface area (Å²) in [4.78, 5) is 8.61. The number of nitrogens with zero attached hydrogens (tertiary/aromatic N) is 2. The summed E-state index contributed by atoms with van der Waals surface area (Å²) >= 11 is 6.00. The second kappa shape index (κ2) is 6.03. The molecule has 0 saturated heterocycles. The van der Waals surface area contributed by atoms with Crippen molar-refractivity contribution in [3.63, 3.8) is 0 Å². The van der Waals surface area contributed by atoms with Gasteiger partial charge in [-0.05, 0) is 6.42 Å². The summed E-state index contributed by atoms with van der Waals surface area (Å²) in [5.74, 6) is 1.12. The van der Waals surface area contributed by atoms with Crippen LogP contribution in [0.15, 0.2) is 6.07 Å². The Morgan fingerprint density at radius 1 is 1.21 bits per heavy atom. The largest absolute Gasteiger partial charge is 0.394 e. The SMILES string of the molecule is CCC(CO)(CO)Nc1cc(Cl)nc(C(C)(C)C)n1. The molecule has 0 unspecified atom stereocenters. The van der Waals surface area contributed by atoms with Crippen LogP contribution in [-0.2, 0) is 5.41 Å². The van der Waals surface area contributed by atoms with E-state index in [0.29, 0.717) is 23.2 Å². The molecule has 0 aliphatic rings. The maximum Gasteiger partial charge on any atom is 0.137 e. The summed E-state index contributed by atoms with van der Waals surface area (Å²) < 4.78 is 0. The minimum atomic E-state index is -0.799. The molecule has 1 heterocycles. The molecule has 108 valence electrons. The van der Waals surface area contributed by atoms with Crippen LogP contribution in [0.2, 0.25) is 5.15 Å². The third-order valence-electron chi connectivity index (χ3n) is 3.04. The number of aliphatic hydroxyl groups is 2. The first-order chi connectivity index (χ1) is 8.76. The first-order valence-electron chi connectivity index (χ1n) is 6.31. The first-order valence-corrected chi connectivity index (χ1v) is 6.69. The molecule has 0 amide bonds. The molecular weight excluding hydrogens is 266 g/mol. The number of halogens is 1. The number of rotatable bonds is 5. The Hall–Kier alpha value is -0.910. The van der Waals surface area contributed by atoms with E-state index in [2.05, 4.69) is 15.3 Å². The zero-order valence-electron chi connectivity index (χ0n) is 11.9. The summed E-state index contributed by atoms with van der Waals surface area (Å²) in [6.07, 6.45) is 0.562. The molecule has 19 heavy (non-hydrogen) atoms. The minimum absolute atomic E-state index is 0.188. The number of hydrogen-bond donors (Lipinski definition) is 3. The molecule has 0 spiro atoms. The fourth-order valence-electron chi connectivity index (χ4n) is 1.53. The van der Waals surface area contributed by atoms with Gasteiger partial charge in [0.05, 0.1) is 18.8 Å². The molecule has 0 saturated carbocycles. The van der Waals surface area contributed by atoms with Crippen LogP contribution in [0, 0.1) is 0 Å². The van der Waals surface area contributed by atoms with Crippen molar-refractivity contribution in [3.8, 4) is 0 Å². The van der Waals surface area contributed by atoms with Crippen molar-refractivity contribution in [1.29, 1.82) is 0 Å². The van der Waals surface area contributed by atoms with Gasteiger partial charge in [-0.15, -0.1) is 0 Å². The van der Waals surface area contributed by atoms with Crippen molar-refractivity contribution in [2.75, 3.05) is 18.5 Å². The molecule has 0 aliphatic heterocycles. The summed E-state index contributed by atoms with van der Waals surface area (Å²) in [6.45, 7) is 7.49. The third-order valence-corrected chi connectivity index (χ3v) is 3.23. The molecule has 6 heteroatoms. The van der Waals surface area contributed by atoms with Crippen LogP contribution in [0.25, 0.3) is 0 Å². The lowest BCUT2D eigenvalue weighted by Crippen LogP contribution is -2.45. The molecule has 1 aromatic rings. The van der Waals surface area contributed by atoms with Gasteiger partial charge in [0.15, 0.2) is 0 Å². The predicted octanol–water partition coefficient (Wildman–Crippen LogP) is 1.97. The molecule has 0 fully saturated rings. The zero-order valence-corrected chi connectivity index (χ0v) is 12.6. The number of hydrogen-bond acceptors (Lipinski definition) is 5. The summed E-state index contributed by atoms with van der Waals surface area (Å²) in [7, 11) is 0. The van der Waals surface area contributed by atoms with Gasteiger partial charge in [-0.2, -0.15) is 0 Å². The number of aromatic nitrogens is 2. The van der Waals surface area contributed by atoms with E-state index in [0.717, 1.165) is 0 Å². The quantitative estimate of drug-likeness (QED) is 0.722. The Morgan fingerprint density at radius 3 is 2.21 bits per heavy atom. The van der Waals surface area contributed by atoms with Crippen LogP contribution in [0.4, 0.5) is 5.82 Å². The highest BCUT2D eigenvalue weighted by Crippen LogP contribution is 2.24. The molecule has 0 aliphatic carbocycles. The van der Waals surface area contributed by atoms with Crippen molar-refractivity contribution < 1.29 is 10.2 Å². The highest BCUT2D eigenvalue weighted by atomic mass is 35.5. The van der Waals surface area contributed by atoms with E-state index in [1.807, 2.05) is 27.7 Å². The van der Waals surface area contributed by atoms with Gasteiger partial charge in [0, 0.05) is 11.5 Å². The van der Waals surface area contributed by atoms with Crippen LogP contribution in [0.5, 0.6) is 0 Å². The second-order valence-corrected chi connectivity index (χ2v) is 6.11. The smallest absolute Gasteiger partial charge is 0.137 e. The highest BCUT2D eigenvalue weighted by Gasteiger charge is 2.28. The van der Waals surface area contributed by atoms with Gasteiger partial charge >= 0.3 is 0 Å². The van der Waals surface area contributed by atoms with Crippen molar-refractivity contribution in [1.82, 2.24) is 9.97 Å². The molecule has 0 atom stereocenters. The van der Waals surface area contributed by atoms with Crippen molar-refractivity contribution in [2.45, 2.75) is 45.1 Å². The lowest BCUT2D eigenvalue weighted by atomic mass is 9.95. The summed E-state index contributed by atoms with van der Waals surface area (Å²) in [5.41, 5.74) is -1.03. The monoisotopic (exact) mass is 287 g/mol. The Bertz CT molecular complexity index is 420. The molecular formula is C13H22ClN3O2. The summed E-state index contributed by atoms with van der Waals surface area (Å²) in [5, 5.41) is 22.3. The third kappa shape index (κ3) is 4.03. The van der Waals surface area contributed by atoms with Gasteiger partial charge in [-0.1, -0.05) is 39.3 Å². The van der Waals surface area contributed by atoms with E-state index < -0.39 is 5.54 Å². The van der Waals surface area contributed by atoms with Gasteiger partial charge < -0.3 is 15.5 Å². The lowest BCUT2D eigenvalue weighted by Gasteiger charge is -2.30. The fourth-order valence-corrected chi connectivity index (χ4v) is 1.71. The van der Waals surface area contributed by atoms with Crippen LogP contribution < -0.4 is 5.32 Å². The standard InChI is InChI=1S/C13H22ClN3O2/c1-5-13(7-18,8-19)17-10-6-9(14)15-11(16-10)12(2,3)4/h6,18-19H,5,7-8H2,1-4H3,(H,15,16,17). The van der Waals surface area contributed by atoms with Gasteiger partial charge in [0.25, 0.3) is 0 Å². The van der Waals surface area contributed by atoms with Crippen LogP contribution in [-0.4, -0.2) is 38.9 Å². The van der Waals surface area contributed by atoms with E-state index in [1.54, 1.807) is 6.07 Å². The zero-order chi connectivity index (χ0) is 14.7. The Morgan fingerprint density at radius 2 is 1.79 bits per heavy atom. The normalized spacial score (nSPS) is 12.6. The molecule has 0 radical (unpaired) electrons. The Balaban J connectivity index is 3.11. The van der Waals surface area contributed by atoms with E-state index in [1.165, 1.54) is 0 Å². The average molecular weight is 288 g/mol. The van der Waals surface area contributed by atoms with E-state index in [-0.39, 0.29) is 18.6 Å². The molecule has 0 aromatic carbocycles. The number of aliphatic hydroxyl groups excluding tert-OH is 2. The first kappa shape index (κ1) is 16.1. The van der Waals surface area contributed by atoms with Gasteiger partial charge in [-0.25, -0.2) is 9.97 Å². The Labute approximate surface area is 119 Å². The molecule has 3 N–H and O–H groups in total. The Kier molecular flexibility index (Phi) is 5.12. The van der Waals surface area contributed by atoms with E-state index in [4.69, 9.17) is 11.6 Å². The molecule has 5 nitrogen and oxygen atoms in total.